The number of anilines is 1. The Morgan fingerprint density at radius 3 is 2.95 bits per heavy atom. The Morgan fingerprint density at radius 2 is 2.37 bits per heavy atom. The summed E-state index contributed by atoms with van der Waals surface area (Å²) in [5.74, 6) is 0.651. The second kappa shape index (κ2) is 5.60. The number of nitrogens with zero attached hydrogens (tertiary/aromatic N) is 2. The minimum Gasteiger partial charge on any atom is -0.467 e. The van der Waals surface area contributed by atoms with Gasteiger partial charge in [0.2, 0.25) is 5.91 Å². The Labute approximate surface area is 111 Å². The zero-order valence-corrected chi connectivity index (χ0v) is 11.3. The molecule has 19 heavy (non-hydrogen) atoms. The number of furan rings is 1. The van der Waals surface area contributed by atoms with Gasteiger partial charge in [-0.25, -0.2) is 0 Å². The van der Waals surface area contributed by atoms with Crippen LogP contribution in [0.1, 0.15) is 18.4 Å². The van der Waals surface area contributed by atoms with Crippen LogP contribution in [0.15, 0.2) is 29.0 Å². The average Bonchev–Trinajstić information content (AvgIpc) is 2.97. The lowest BCUT2D eigenvalue weighted by molar-refractivity contribution is -0.121. The van der Waals surface area contributed by atoms with E-state index in [4.69, 9.17) is 4.42 Å². The van der Waals surface area contributed by atoms with E-state index in [1.54, 1.807) is 17.0 Å². The Kier molecular flexibility index (Phi) is 3.89. The summed E-state index contributed by atoms with van der Waals surface area (Å²) in [6.07, 6.45) is 3.44. The van der Waals surface area contributed by atoms with E-state index in [0.717, 1.165) is 17.1 Å². The second-order valence-electron chi connectivity index (χ2n) is 4.47. The summed E-state index contributed by atoms with van der Waals surface area (Å²) in [7, 11) is 1.85. The number of carbonyl (C=O) groups is 1. The Hall–Kier alpha value is -2.24. The van der Waals surface area contributed by atoms with Gasteiger partial charge in [0.15, 0.2) is 0 Å². The molecule has 6 nitrogen and oxygen atoms in total. The first-order valence-electron chi connectivity index (χ1n) is 6.13. The van der Waals surface area contributed by atoms with Crippen molar-refractivity contribution in [1.29, 1.82) is 0 Å². The third-order valence-electron chi connectivity index (χ3n) is 2.80. The van der Waals surface area contributed by atoms with Crippen molar-refractivity contribution in [3.8, 4) is 0 Å². The number of hydrogen-bond donors (Lipinski definition) is 2. The molecule has 1 unspecified atom stereocenters. The van der Waals surface area contributed by atoms with Gasteiger partial charge in [0, 0.05) is 13.2 Å². The molecule has 0 aliphatic carbocycles. The van der Waals surface area contributed by atoms with Gasteiger partial charge in [0.05, 0.1) is 24.2 Å². The van der Waals surface area contributed by atoms with Crippen molar-refractivity contribution < 1.29 is 9.21 Å². The molecule has 0 saturated heterocycles. The Bertz CT molecular complexity index is 545. The molecule has 2 rings (SSSR count). The number of carbonyl (C=O) groups excluding carboxylic acids is 1. The van der Waals surface area contributed by atoms with Crippen molar-refractivity contribution in [2.45, 2.75) is 26.4 Å². The molecule has 102 valence electrons. The lowest BCUT2D eigenvalue weighted by Gasteiger charge is -2.13. The first kappa shape index (κ1) is 13.2. The topological polar surface area (TPSA) is 72.1 Å². The van der Waals surface area contributed by atoms with Crippen LogP contribution in [0.2, 0.25) is 0 Å². The van der Waals surface area contributed by atoms with Crippen molar-refractivity contribution in [1.82, 2.24) is 15.1 Å². The number of nitrogens with one attached hydrogen (secondary N) is 2. The maximum Gasteiger partial charge on any atom is 0.242 e. The molecule has 0 spiro atoms. The molecule has 1 amide bonds. The van der Waals surface area contributed by atoms with Crippen molar-refractivity contribution >= 4 is 11.6 Å². The summed E-state index contributed by atoms with van der Waals surface area (Å²) in [5.41, 5.74) is 1.73. The van der Waals surface area contributed by atoms with Gasteiger partial charge in [-0.3, -0.25) is 9.48 Å². The minimum absolute atomic E-state index is 0.0837. The maximum absolute atomic E-state index is 11.9. The molecule has 1 atom stereocenters. The summed E-state index contributed by atoms with van der Waals surface area (Å²) in [6, 6.07) is 3.28. The number of amides is 1. The van der Waals surface area contributed by atoms with Crippen LogP contribution in [-0.4, -0.2) is 21.7 Å². The first-order chi connectivity index (χ1) is 9.06. The maximum atomic E-state index is 11.9. The lowest BCUT2D eigenvalue weighted by atomic mass is 10.2. The summed E-state index contributed by atoms with van der Waals surface area (Å²) in [5, 5.41) is 10.2. The average molecular weight is 262 g/mol. The molecule has 6 heteroatoms. The van der Waals surface area contributed by atoms with E-state index < -0.39 is 0 Å². The van der Waals surface area contributed by atoms with Gasteiger partial charge in [-0.1, -0.05) is 0 Å². The molecule has 2 N–H and O–H groups in total. The SMILES string of the molecule is Cc1nn(C)cc1NC(C)C(=O)NCc1ccco1. The van der Waals surface area contributed by atoms with Crippen molar-refractivity contribution in [2.24, 2.45) is 7.05 Å². The Morgan fingerprint density at radius 1 is 1.58 bits per heavy atom. The number of aryl methyl sites for hydroxylation is 2. The smallest absolute Gasteiger partial charge is 0.242 e. The normalized spacial score (nSPS) is 12.2. The van der Waals surface area contributed by atoms with Crippen molar-refractivity contribution in [3.05, 3.63) is 36.0 Å². The summed E-state index contributed by atoms with van der Waals surface area (Å²) in [6.45, 7) is 4.10. The van der Waals surface area contributed by atoms with E-state index in [2.05, 4.69) is 15.7 Å². The van der Waals surface area contributed by atoms with Gasteiger partial charge >= 0.3 is 0 Å². The first-order valence-corrected chi connectivity index (χ1v) is 6.13. The lowest BCUT2D eigenvalue weighted by Crippen LogP contribution is -2.37. The van der Waals surface area contributed by atoms with Crippen LogP contribution in [-0.2, 0) is 18.4 Å². The van der Waals surface area contributed by atoms with Gasteiger partial charge in [-0.15, -0.1) is 0 Å². The van der Waals surface area contributed by atoms with E-state index in [1.165, 1.54) is 0 Å². The summed E-state index contributed by atoms with van der Waals surface area (Å²) < 4.78 is 6.87. The van der Waals surface area contributed by atoms with E-state index in [1.807, 2.05) is 33.2 Å². The standard InChI is InChI=1S/C13H18N4O2/c1-9-12(8-17(3)16-9)15-10(2)13(18)14-7-11-5-4-6-19-11/h4-6,8,10,15H,7H2,1-3H3,(H,14,18). The van der Waals surface area contributed by atoms with Crippen molar-refractivity contribution in [2.75, 3.05) is 5.32 Å². The number of rotatable bonds is 5. The number of hydrogen-bond acceptors (Lipinski definition) is 4. The van der Waals surface area contributed by atoms with Crippen LogP contribution in [0.3, 0.4) is 0 Å². The molecule has 2 aromatic rings. The van der Waals surface area contributed by atoms with Gasteiger partial charge < -0.3 is 15.1 Å². The molecule has 0 radical (unpaired) electrons. The second-order valence-corrected chi connectivity index (χ2v) is 4.47. The van der Waals surface area contributed by atoms with E-state index in [9.17, 15) is 4.79 Å². The van der Waals surface area contributed by atoms with Crippen LogP contribution in [0, 0.1) is 6.92 Å². The van der Waals surface area contributed by atoms with Crippen LogP contribution in [0.4, 0.5) is 5.69 Å². The highest BCUT2D eigenvalue weighted by Gasteiger charge is 2.14. The molecule has 0 fully saturated rings. The largest absolute Gasteiger partial charge is 0.467 e. The minimum atomic E-state index is -0.335. The molecule has 2 aromatic heterocycles. The van der Waals surface area contributed by atoms with Crippen LogP contribution in [0.25, 0.3) is 0 Å². The predicted octanol–water partition coefficient (Wildman–Crippen LogP) is 1.44. The van der Waals surface area contributed by atoms with Gasteiger partial charge in [0.1, 0.15) is 11.8 Å². The van der Waals surface area contributed by atoms with Crippen LogP contribution in [0.5, 0.6) is 0 Å². The molecular formula is C13H18N4O2. The third kappa shape index (κ3) is 3.37. The monoisotopic (exact) mass is 262 g/mol. The van der Waals surface area contributed by atoms with Gasteiger partial charge in [-0.2, -0.15) is 5.10 Å². The molecule has 0 saturated carbocycles. The fourth-order valence-electron chi connectivity index (χ4n) is 1.78. The quantitative estimate of drug-likeness (QED) is 0.855. The van der Waals surface area contributed by atoms with E-state index in [-0.39, 0.29) is 11.9 Å². The fourth-order valence-corrected chi connectivity index (χ4v) is 1.78. The van der Waals surface area contributed by atoms with E-state index in [0.29, 0.717) is 6.54 Å². The number of aromatic nitrogens is 2. The predicted molar refractivity (Wildman–Crippen MR) is 71.6 cm³/mol. The summed E-state index contributed by atoms with van der Waals surface area (Å²) in [4.78, 5) is 11.9. The van der Waals surface area contributed by atoms with Crippen LogP contribution < -0.4 is 10.6 Å². The highest BCUT2D eigenvalue weighted by atomic mass is 16.3. The molecule has 0 aliphatic heterocycles. The Balaban J connectivity index is 1.87. The molecular weight excluding hydrogens is 244 g/mol. The third-order valence-corrected chi connectivity index (χ3v) is 2.80. The van der Waals surface area contributed by atoms with E-state index >= 15 is 0 Å². The zero-order valence-electron chi connectivity index (χ0n) is 11.3. The molecule has 0 aliphatic rings. The highest BCUT2D eigenvalue weighted by molar-refractivity contribution is 5.84. The van der Waals surface area contributed by atoms with Crippen molar-refractivity contribution in [3.63, 3.8) is 0 Å². The fraction of sp³-hybridized carbons (Fsp3) is 0.385. The molecule has 0 aromatic carbocycles. The van der Waals surface area contributed by atoms with Gasteiger partial charge in [-0.05, 0) is 26.0 Å². The highest BCUT2D eigenvalue weighted by Crippen LogP contribution is 2.12. The molecule has 2 heterocycles. The van der Waals surface area contributed by atoms with Crippen LogP contribution >= 0.6 is 0 Å². The summed E-state index contributed by atoms with van der Waals surface area (Å²) >= 11 is 0. The molecule has 0 bridgehead atoms. The zero-order chi connectivity index (χ0) is 13.8. The van der Waals surface area contributed by atoms with Gasteiger partial charge in [0.25, 0.3) is 0 Å².